The van der Waals surface area contributed by atoms with Crippen molar-refractivity contribution in [1.82, 2.24) is 0 Å². The van der Waals surface area contributed by atoms with E-state index in [9.17, 15) is 20.0 Å². The van der Waals surface area contributed by atoms with Gasteiger partial charge in [0.05, 0.1) is 7.11 Å². The molecule has 0 fully saturated rings. The van der Waals surface area contributed by atoms with Gasteiger partial charge in [0, 0.05) is 17.8 Å². The monoisotopic (exact) mass is 359 g/mol. The first-order chi connectivity index (χ1) is 12.0. The maximum atomic E-state index is 11.1. The fraction of sp³-hybridized carbons (Fsp3) is 0.947. The third-order valence-electron chi connectivity index (χ3n) is 4.68. The summed E-state index contributed by atoms with van der Waals surface area (Å²) < 4.78 is 4.60. The van der Waals surface area contributed by atoms with Gasteiger partial charge in [-0.25, -0.2) is 0 Å². The molecule has 0 aromatic heterocycles. The smallest absolute Gasteiger partial charge is 0.305 e. The second kappa shape index (κ2) is 16.3. The van der Waals surface area contributed by atoms with E-state index in [-0.39, 0.29) is 10.9 Å². The normalized spacial score (nSPS) is 13.4. The summed E-state index contributed by atoms with van der Waals surface area (Å²) >= 11 is 0. The molecule has 2 atom stereocenters. The minimum absolute atomic E-state index is 0.138. The molecule has 0 radical (unpaired) electrons. The third-order valence-corrected chi connectivity index (χ3v) is 4.68. The lowest BCUT2D eigenvalue weighted by molar-refractivity contribution is -0.535. The van der Waals surface area contributed by atoms with Gasteiger partial charge in [-0.3, -0.25) is 14.9 Å². The average Bonchev–Trinajstić information content (AvgIpc) is 2.59. The lowest BCUT2D eigenvalue weighted by Crippen LogP contribution is -2.33. The Hall–Kier alpha value is -1.17. The van der Waals surface area contributed by atoms with Crippen LogP contribution in [0.4, 0.5) is 0 Å². The van der Waals surface area contributed by atoms with Gasteiger partial charge in [-0.15, -0.1) is 0 Å². The molecule has 0 aliphatic carbocycles. The maximum absolute atomic E-state index is 11.1. The van der Waals surface area contributed by atoms with Crippen LogP contribution >= 0.6 is 0 Å². The van der Waals surface area contributed by atoms with Crippen molar-refractivity contribution in [2.75, 3.05) is 7.11 Å². The number of hydrogen-bond acceptors (Lipinski definition) is 5. The van der Waals surface area contributed by atoms with E-state index < -0.39 is 12.1 Å². The minimum atomic E-state index is -0.815. The Labute approximate surface area is 152 Å². The molecule has 1 N–H and O–H groups in total. The lowest BCUT2D eigenvalue weighted by Gasteiger charge is -2.15. The SMILES string of the molecule is CCCCCC(C(O)CCCCCCCCCCC(=O)OC)[N+](=O)[O-]. The number of ether oxygens (including phenoxy) is 1. The van der Waals surface area contributed by atoms with Crippen LogP contribution in [0.15, 0.2) is 0 Å². The van der Waals surface area contributed by atoms with E-state index in [0.717, 1.165) is 70.6 Å². The van der Waals surface area contributed by atoms with Gasteiger partial charge in [-0.05, 0) is 19.3 Å². The first-order valence-corrected chi connectivity index (χ1v) is 9.91. The molecule has 0 bridgehead atoms. The third kappa shape index (κ3) is 13.8. The van der Waals surface area contributed by atoms with E-state index in [4.69, 9.17) is 0 Å². The van der Waals surface area contributed by atoms with E-state index in [1.165, 1.54) is 7.11 Å². The number of rotatable bonds is 17. The molecule has 0 saturated carbocycles. The van der Waals surface area contributed by atoms with Crippen LogP contribution in [-0.2, 0) is 9.53 Å². The molecule has 0 aromatic carbocycles. The van der Waals surface area contributed by atoms with Crippen LogP contribution in [0, 0.1) is 10.1 Å². The summed E-state index contributed by atoms with van der Waals surface area (Å²) in [5.74, 6) is -0.138. The van der Waals surface area contributed by atoms with Crippen molar-refractivity contribution in [2.45, 2.75) is 109 Å². The molecule has 0 amide bonds. The number of aliphatic hydroxyl groups excluding tert-OH is 1. The van der Waals surface area contributed by atoms with E-state index in [1.54, 1.807) is 0 Å². The summed E-state index contributed by atoms with van der Waals surface area (Å²) in [6.45, 7) is 2.07. The quantitative estimate of drug-likeness (QED) is 0.177. The van der Waals surface area contributed by atoms with Gasteiger partial charge >= 0.3 is 5.97 Å². The average molecular weight is 360 g/mol. The van der Waals surface area contributed by atoms with Crippen LogP contribution < -0.4 is 0 Å². The first kappa shape index (κ1) is 23.8. The zero-order chi connectivity index (χ0) is 18.9. The van der Waals surface area contributed by atoms with Crippen LogP contribution in [0.5, 0.6) is 0 Å². The molecule has 0 rings (SSSR count). The first-order valence-electron chi connectivity index (χ1n) is 9.91. The largest absolute Gasteiger partial charge is 0.469 e. The Morgan fingerprint density at radius 2 is 1.48 bits per heavy atom. The molecule has 25 heavy (non-hydrogen) atoms. The molecule has 2 unspecified atom stereocenters. The zero-order valence-corrected chi connectivity index (χ0v) is 16.1. The van der Waals surface area contributed by atoms with E-state index >= 15 is 0 Å². The van der Waals surface area contributed by atoms with Crippen molar-refractivity contribution in [3.8, 4) is 0 Å². The minimum Gasteiger partial charge on any atom is -0.469 e. The van der Waals surface area contributed by atoms with E-state index in [1.807, 2.05) is 0 Å². The Bertz CT molecular complexity index is 349. The molecule has 0 heterocycles. The topological polar surface area (TPSA) is 89.7 Å². The van der Waals surface area contributed by atoms with E-state index in [0.29, 0.717) is 19.3 Å². The Balaban J connectivity index is 3.58. The fourth-order valence-electron chi connectivity index (χ4n) is 3.02. The zero-order valence-electron chi connectivity index (χ0n) is 16.1. The number of carbonyl (C=O) groups is 1. The molecule has 148 valence electrons. The molecule has 0 aliphatic heterocycles. The van der Waals surface area contributed by atoms with Crippen LogP contribution in [0.3, 0.4) is 0 Å². The highest BCUT2D eigenvalue weighted by Crippen LogP contribution is 2.16. The fourth-order valence-corrected chi connectivity index (χ4v) is 3.02. The summed E-state index contributed by atoms with van der Waals surface area (Å²) in [5.41, 5.74) is 0. The van der Waals surface area contributed by atoms with E-state index in [2.05, 4.69) is 11.7 Å². The van der Waals surface area contributed by atoms with Crippen molar-refractivity contribution in [3.05, 3.63) is 10.1 Å². The number of hydrogen-bond donors (Lipinski definition) is 1. The van der Waals surface area contributed by atoms with Gasteiger partial charge < -0.3 is 9.84 Å². The van der Waals surface area contributed by atoms with Gasteiger partial charge in [0.15, 0.2) is 0 Å². The second-order valence-corrected chi connectivity index (χ2v) is 6.86. The Kier molecular flexibility index (Phi) is 15.5. The van der Waals surface area contributed by atoms with Crippen molar-refractivity contribution < 1.29 is 19.6 Å². The van der Waals surface area contributed by atoms with Gasteiger partial charge in [0.1, 0.15) is 6.10 Å². The van der Waals surface area contributed by atoms with Gasteiger partial charge in [-0.2, -0.15) is 0 Å². The number of nitrogens with zero attached hydrogens (tertiary/aromatic N) is 1. The van der Waals surface area contributed by atoms with Crippen LogP contribution in [0.2, 0.25) is 0 Å². The summed E-state index contributed by atoms with van der Waals surface area (Å²) in [5, 5.41) is 21.1. The molecule has 0 saturated heterocycles. The van der Waals surface area contributed by atoms with Crippen molar-refractivity contribution in [2.24, 2.45) is 0 Å². The predicted octanol–water partition coefficient (Wildman–Crippen LogP) is 4.65. The summed E-state index contributed by atoms with van der Waals surface area (Å²) in [6.07, 6.45) is 11.8. The highest BCUT2D eigenvalue weighted by molar-refractivity contribution is 5.68. The van der Waals surface area contributed by atoms with Crippen molar-refractivity contribution in [1.29, 1.82) is 0 Å². The Morgan fingerprint density at radius 3 is 2.00 bits per heavy atom. The van der Waals surface area contributed by atoms with Crippen molar-refractivity contribution >= 4 is 5.97 Å². The number of esters is 1. The van der Waals surface area contributed by atoms with Gasteiger partial charge in [-0.1, -0.05) is 64.7 Å². The van der Waals surface area contributed by atoms with Crippen molar-refractivity contribution in [3.63, 3.8) is 0 Å². The second-order valence-electron chi connectivity index (χ2n) is 6.86. The summed E-state index contributed by atoms with van der Waals surface area (Å²) in [7, 11) is 1.42. The molecule has 6 heteroatoms. The van der Waals surface area contributed by atoms with Gasteiger partial charge in [0.25, 0.3) is 0 Å². The van der Waals surface area contributed by atoms with Crippen LogP contribution in [0.25, 0.3) is 0 Å². The lowest BCUT2D eigenvalue weighted by atomic mass is 9.98. The highest BCUT2D eigenvalue weighted by atomic mass is 16.6. The number of aliphatic hydroxyl groups is 1. The number of methoxy groups -OCH3 is 1. The van der Waals surface area contributed by atoms with Crippen LogP contribution in [0.1, 0.15) is 96.8 Å². The number of nitro groups is 1. The summed E-state index contributed by atoms with van der Waals surface area (Å²) in [6, 6.07) is -0.804. The molecule has 0 aliphatic rings. The predicted molar refractivity (Wildman–Crippen MR) is 99.1 cm³/mol. The molecular weight excluding hydrogens is 322 g/mol. The molecular formula is C19H37NO5. The number of carbonyl (C=O) groups excluding carboxylic acids is 1. The highest BCUT2D eigenvalue weighted by Gasteiger charge is 2.28. The number of unbranched alkanes of at least 4 members (excludes halogenated alkanes) is 9. The van der Waals surface area contributed by atoms with Crippen LogP contribution in [-0.4, -0.2) is 35.3 Å². The molecule has 0 aromatic rings. The molecule has 0 spiro atoms. The molecule has 6 nitrogen and oxygen atoms in total. The Morgan fingerprint density at radius 1 is 0.960 bits per heavy atom. The standard InChI is InChI=1S/C19H37NO5/c1-3-4-11-14-17(20(23)24)18(21)15-12-9-7-5-6-8-10-13-16-19(22)25-2/h17-18,21H,3-16H2,1-2H3. The maximum Gasteiger partial charge on any atom is 0.305 e. The summed E-state index contributed by atoms with van der Waals surface area (Å²) in [4.78, 5) is 21.7. The van der Waals surface area contributed by atoms with Gasteiger partial charge in [0.2, 0.25) is 6.04 Å².